The third kappa shape index (κ3) is 5.92. The summed E-state index contributed by atoms with van der Waals surface area (Å²) in [7, 11) is -0.215. The molecule has 37 heavy (non-hydrogen) atoms. The van der Waals surface area contributed by atoms with E-state index in [-0.39, 0.29) is 16.0 Å². The van der Waals surface area contributed by atoms with E-state index in [0.717, 1.165) is 73.8 Å². The minimum absolute atomic E-state index is 0.0128. The summed E-state index contributed by atoms with van der Waals surface area (Å²) in [6.07, 6.45) is -1.68. The van der Waals surface area contributed by atoms with Gasteiger partial charge in [-0.05, 0) is 36.6 Å². The second-order valence-electron chi connectivity index (χ2n) is 10.4. The Labute approximate surface area is 219 Å². The van der Waals surface area contributed by atoms with Crippen LogP contribution in [0.2, 0.25) is 0 Å². The number of hydrogen-bond donors (Lipinski definition) is 0. The van der Waals surface area contributed by atoms with Crippen LogP contribution in [0, 0.1) is 5.41 Å². The highest BCUT2D eigenvalue weighted by Crippen LogP contribution is 2.43. The van der Waals surface area contributed by atoms with Crippen molar-refractivity contribution in [3.8, 4) is 0 Å². The molecule has 1 unspecified atom stereocenters. The molecule has 12 heteroatoms. The summed E-state index contributed by atoms with van der Waals surface area (Å²) < 4.78 is 64.2. The topological polar surface area (TPSA) is 69.6 Å². The number of likely N-dealkylation sites (tertiary alicyclic amines) is 1. The van der Waals surface area contributed by atoms with Gasteiger partial charge in [-0.25, -0.2) is 22.7 Å². The first kappa shape index (κ1) is 26.3. The number of benzene rings is 1. The summed E-state index contributed by atoms with van der Waals surface area (Å²) in [5, 5.41) is 0.704. The van der Waals surface area contributed by atoms with Crippen molar-refractivity contribution in [3.05, 3.63) is 52.7 Å². The molecule has 0 radical (unpaired) electrons. The molecular weight excluding hydrogens is 523 g/mol. The number of halogens is 3. The first-order valence-corrected chi connectivity index (χ1v) is 14.6. The van der Waals surface area contributed by atoms with E-state index >= 15 is 0 Å². The molecule has 0 aliphatic carbocycles. The highest BCUT2D eigenvalue weighted by atomic mass is 32.2. The molecule has 0 amide bonds. The van der Waals surface area contributed by atoms with Gasteiger partial charge in [0.05, 0.1) is 17.6 Å². The summed E-state index contributed by atoms with van der Waals surface area (Å²) in [6.45, 7) is 4.35. The largest absolute Gasteiger partial charge is 0.393 e. The van der Waals surface area contributed by atoms with Crippen LogP contribution in [-0.4, -0.2) is 74.0 Å². The maximum absolute atomic E-state index is 12.9. The number of anilines is 1. The number of thiophene rings is 1. The first-order chi connectivity index (χ1) is 17.4. The summed E-state index contributed by atoms with van der Waals surface area (Å²) in [4.78, 5) is 14.2. The van der Waals surface area contributed by atoms with Crippen LogP contribution in [0.25, 0.3) is 10.2 Å². The Hall–Kier alpha value is -2.28. The average molecular weight is 554 g/mol. The Balaban J connectivity index is 1.23. The van der Waals surface area contributed by atoms with Crippen LogP contribution in [0.15, 0.2) is 36.7 Å². The lowest BCUT2D eigenvalue weighted by atomic mass is 9.86. The number of rotatable bonds is 7. The third-order valence-corrected chi connectivity index (χ3v) is 10.2. The number of hydrogen-bond acceptors (Lipinski definition) is 7. The van der Waals surface area contributed by atoms with Crippen molar-refractivity contribution < 1.29 is 21.6 Å². The molecule has 0 N–H and O–H groups in total. The first-order valence-electron chi connectivity index (χ1n) is 12.2. The van der Waals surface area contributed by atoms with E-state index in [1.807, 2.05) is 24.3 Å². The molecule has 0 saturated carbocycles. The Morgan fingerprint density at radius 2 is 1.76 bits per heavy atom. The number of fused-ring (bicyclic) bond motifs is 1. The number of alkyl halides is 3. The number of nitrogens with zero attached hydrogens (tertiary/aromatic N) is 5. The number of aromatic nitrogens is 2. The lowest BCUT2D eigenvalue weighted by Crippen LogP contribution is -2.31. The van der Waals surface area contributed by atoms with Crippen LogP contribution >= 0.6 is 11.3 Å². The van der Waals surface area contributed by atoms with Gasteiger partial charge in [0.15, 0.2) is 0 Å². The molecule has 7 nitrogen and oxygen atoms in total. The average Bonchev–Trinajstić information content (AvgIpc) is 3.52. The molecule has 1 aromatic carbocycles. The van der Waals surface area contributed by atoms with Crippen molar-refractivity contribution in [2.24, 2.45) is 5.41 Å². The summed E-state index contributed by atoms with van der Waals surface area (Å²) >= 11 is 1.09. The zero-order chi connectivity index (χ0) is 26.4. The molecule has 2 fully saturated rings. The van der Waals surface area contributed by atoms with E-state index in [1.165, 1.54) is 24.7 Å². The van der Waals surface area contributed by atoms with E-state index in [2.05, 4.69) is 19.8 Å². The summed E-state index contributed by atoms with van der Waals surface area (Å²) in [6, 6.07) is 9.36. The Morgan fingerprint density at radius 1 is 1.05 bits per heavy atom. The Bertz CT molecular complexity index is 1380. The van der Waals surface area contributed by atoms with Crippen molar-refractivity contribution in [2.45, 2.75) is 37.7 Å². The minimum atomic E-state index is -4.25. The molecule has 1 spiro atoms. The monoisotopic (exact) mass is 553 g/mol. The minimum Gasteiger partial charge on any atom is -0.355 e. The van der Waals surface area contributed by atoms with Gasteiger partial charge in [-0.15, -0.1) is 11.3 Å². The van der Waals surface area contributed by atoms with Gasteiger partial charge in [0.2, 0.25) is 10.0 Å². The molecular formula is C25H30F3N5O2S2. The molecule has 3 aromatic rings. The van der Waals surface area contributed by atoms with Gasteiger partial charge in [-0.1, -0.05) is 24.3 Å². The van der Waals surface area contributed by atoms with E-state index in [0.29, 0.717) is 10.2 Å². The van der Waals surface area contributed by atoms with Crippen LogP contribution in [0.5, 0.6) is 0 Å². The predicted molar refractivity (Wildman–Crippen MR) is 139 cm³/mol. The van der Waals surface area contributed by atoms with Crippen LogP contribution in [-0.2, 0) is 28.7 Å². The molecule has 2 aliphatic heterocycles. The van der Waals surface area contributed by atoms with E-state index < -0.39 is 22.6 Å². The van der Waals surface area contributed by atoms with Gasteiger partial charge in [0.1, 0.15) is 17.0 Å². The van der Waals surface area contributed by atoms with Gasteiger partial charge >= 0.3 is 6.18 Å². The van der Waals surface area contributed by atoms with Gasteiger partial charge in [-0.3, -0.25) is 4.90 Å². The smallest absolute Gasteiger partial charge is 0.355 e. The summed E-state index contributed by atoms with van der Waals surface area (Å²) in [5.74, 6) is 0.717. The molecule has 0 bridgehead atoms. The van der Waals surface area contributed by atoms with Gasteiger partial charge in [0.25, 0.3) is 0 Å². The fourth-order valence-electron chi connectivity index (χ4n) is 5.38. The lowest BCUT2D eigenvalue weighted by Gasteiger charge is -2.25. The second-order valence-corrected chi connectivity index (χ2v) is 13.7. The van der Waals surface area contributed by atoms with Crippen LogP contribution in [0.1, 0.15) is 28.8 Å². The van der Waals surface area contributed by atoms with Crippen LogP contribution < -0.4 is 4.90 Å². The zero-order valence-corrected chi connectivity index (χ0v) is 22.5. The molecule has 1 atom stereocenters. The second kappa shape index (κ2) is 9.79. The quantitative estimate of drug-likeness (QED) is 0.435. The Morgan fingerprint density at radius 3 is 2.46 bits per heavy atom. The molecule has 2 aliphatic rings. The molecule has 2 aromatic heterocycles. The van der Waals surface area contributed by atoms with E-state index in [9.17, 15) is 21.6 Å². The molecule has 4 heterocycles. The van der Waals surface area contributed by atoms with Crippen LogP contribution in [0.4, 0.5) is 19.0 Å². The van der Waals surface area contributed by atoms with Gasteiger partial charge in [-0.2, -0.15) is 13.2 Å². The van der Waals surface area contributed by atoms with Gasteiger partial charge in [0, 0.05) is 50.6 Å². The SMILES string of the molecule is CN(C)S(=O)(=O)Cc1ccc(CN2CCC3(CCN(c4ncnc5sc(CC(F)(F)F)cc45)C3)C2)cc1. The van der Waals surface area contributed by atoms with Crippen LogP contribution in [0.3, 0.4) is 0 Å². The Kier molecular flexibility index (Phi) is 6.97. The van der Waals surface area contributed by atoms with Gasteiger partial charge < -0.3 is 4.90 Å². The van der Waals surface area contributed by atoms with Crippen molar-refractivity contribution in [1.29, 1.82) is 0 Å². The third-order valence-electron chi connectivity index (χ3n) is 7.32. The fourth-order valence-corrected chi connectivity index (χ4v) is 7.27. The highest BCUT2D eigenvalue weighted by molar-refractivity contribution is 7.88. The normalized spacial score (nSPS) is 21.2. The van der Waals surface area contributed by atoms with Crippen molar-refractivity contribution in [3.63, 3.8) is 0 Å². The predicted octanol–water partition coefficient (Wildman–Crippen LogP) is 4.29. The zero-order valence-electron chi connectivity index (χ0n) is 20.8. The van der Waals surface area contributed by atoms with E-state index in [4.69, 9.17) is 0 Å². The van der Waals surface area contributed by atoms with Crippen molar-refractivity contribution in [1.82, 2.24) is 19.2 Å². The molecule has 2 saturated heterocycles. The maximum atomic E-state index is 12.9. The van der Waals surface area contributed by atoms with Crippen molar-refractivity contribution >= 4 is 37.4 Å². The molecule has 5 rings (SSSR count). The summed E-state index contributed by atoms with van der Waals surface area (Å²) in [5.41, 5.74) is 2.04. The molecule has 200 valence electrons. The number of sulfonamides is 1. The lowest BCUT2D eigenvalue weighted by molar-refractivity contribution is -0.126. The standard InChI is InChI=1S/C25H30F3N5O2S2/c1-31(2)37(34,35)14-19-5-3-18(4-6-19)13-32-9-7-24(15-32)8-10-33(16-24)22-21-11-20(12-25(26,27)28)36-23(21)30-17-29-22/h3-6,11,17H,7-10,12-16H2,1-2H3. The highest BCUT2D eigenvalue weighted by Gasteiger charge is 2.44. The van der Waals surface area contributed by atoms with E-state index in [1.54, 1.807) is 6.07 Å². The fraction of sp³-hybridized carbons (Fsp3) is 0.520. The van der Waals surface area contributed by atoms with Crippen molar-refractivity contribution in [2.75, 3.05) is 45.2 Å². The maximum Gasteiger partial charge on any atom is 0.393 e.